The highest BCUT2D eigenvalue weighted by Gasteiger charge is 2.23. The van der Waals surface area contributed by atoms with Gasteiger partial charge in [0.25, 0.3) is 0 Å². The van der Waals surface area contributed by atoms with Crippen molar-refractivity contribution in [1.29, 1.82) is 0 Å². The van der Waals surface area contributed by atoms with E-state index in [1.807, 2.05) is 48.5 Å². The third-order valence-electron chi connectivity index (χ3n) is 4.94. The molecule has 3 nitrogen and oxygen atoms in total. The Morgan fingerprint density at radius 1 is 1.04 bits per heavy atom. The molecular formula is C22H23Cl2NO2. The van der Waals surface area contributed by atoms with E-state index >= 15 is 0 Å². The summed E-state index contributed by atoms with van der Waals surface area (Å²) in [6, 6.07) is 15.7. The van der Waals surface area contributed by atoms with Crippen molar-refractivity contribution in [3.8, 4) is 0 Å². The summed E-state index contributed by atoms with van der Waals surface area (Å²) >= 11 is 12.1. The molecule has 0 aromatic heterocycles. The zero-order valence-corrected chi connectivity index (χ0v) is 16.6. The van der Waals surface area contributed by atoms with E-state index < -0.39 is 5.97 Å². The molecule has 1 N–H and O–H groups in total. The van der Waals surface area contributed by atoms with Crippen molar-refractivity contribution >= 4 is 34.7 Å². The van der Waals surface area contributed by atoms with E-state index in [1.165, 1.54) is 0 Å². The van der Waals surface area contributed by atoms with Crippen molar-refractivity contribution in [3.05, 3.63) is 75.8 Å². The third kappa shape index (κ3) is 5.83. The Balaban J connectivity index is 1.70. The second-order valence-corrected chi connectivity index (χ2v) is 7.85. The number of halogens is 2. The van der Waals surface area contributed by atoms with E-state index in [1.54, 1.807) is 0 Å². The fourth-order valence-electron chi connectivity index (χ4n) is 3.58. The highest BCUT2D eigenvalue weighted by Crippen LogP contribution is 2.27. The SMILES string of the molecule is O=C(O)CC1CCN(CCC=C(c2ccc(Cl)cc2)c2ccc(Cl)cc2)C1. The molecule has 1 heterocycles. The average Bonchev–Trinajstić information content (AvgIpc) is 3.07. The van der Waals surface area contributed by atoms with Crippen LogP contribution in [0.15, 0.2) is 54.6 Å². The minimum Gasteiger partial charge on any atom is -0.481 e. The number of carbonyl (C=O) groups is 1. The molecule has 2 aromatic carbocycles. The molecule has 0 radical (unpaired) electrons. The minimum atomic E-state index is -0.700. The van der Waals surface area contributed by atoms with Gasteiger partial charge in [-0.05, 0) is 66.3 Å². The van der Waals surface area contributed by atoms with Crippen LogP contribution in [0.5, 0.6) is 0 Å². The van der Waals surface area contributed by atoms with E-state index in [4.69, 9.17) is 28.3 Å². The average molecular weight is 404 g/mol. The zero-order valence-electron chi connectivity index (χ0n) is 15.1. The predicted molar refractivity (Wildman–Crippen MR) is 111 cm³/mol. The van der Waals surface area contributed by atoms with Crippen LogP contribution in [-0.2, 0) is 4.79 Å². The van der Waals surface area contributed by atoms with Gasteiger partial charge in [-0.2, -0.15) is 0 Å². The van der Waals surface area contributed by atoms with E-state index in [0.29, 0.717) is 0 Å². The Morgan fingerprint density at radius 3 is 2.11 bits per heavy atom. The Kier molecular flexibility index (Phi) is 6.95. The molecule has 5 heteroatoms. The molecule has 1 fully saturated rings. The van der Waals surface area contributed by atoms with Crippen LogP contribution < -0.4 is 0 Å². The summed E-state index contributed by atoms with van der Waals surface area (Å²) in [6.07, 6.45) is 4.39. The molecule has 0 amide bonds. The highest BCUT2D eigenvalue weighted by molar-refractivity contribution is 6.31. The third-order valence-corrected chi connectivity index (χ3v) is 5.44. The second-order valence-electron chi connectivity index (χ2n) is 6.97. The first-order chi connectivity index (χ1) is 13.0. The number of hydrogen-bond donors (Lipinski definition) is 1. The summed E-state index contributed by atoms with van der Waals surface area (Å²) in [7, 11) is 0. The first kappa shape index (κ1) is 19.9. The summed E-state index contributed by atoms with van der Waals surface area (Å²) in [4.78, 5) is 13.2. The van der Waals surface area contributed by atoms with Gasteiger partial charge in [0.15, 0.2) is 0 Å². The van der Waals surface area contributed by atoms with Crippen LogP contribution in [0.25, 0.3) is 5.57 Å². The van der Waals surface area contributed by atoms with E-state index in [2.05, 4.69) is 11.0 Å². The number of nitrogens with zero attached hydrogens (tertiary/aromatic N) is 1. The number of rotatable bonds is 7. The van der Waals surface area contributed by atoms with Gasteiger partial charge in [0.05, 0.1) is 0 Å². The van der Waals surface area contributed by atoms with Gasteiger partial charge in [-0.1, -0.05) is 53.5 Å². The van der Waals surface area contributed by atoms with Gasteiger partial charge in [0.2, 0.25) is 0 Å². The molecule has 1 aliphatic heterocycles. The molecule has 0 saturated carbocycles. The lowest BCUT2D eigenvalue weighted by Crippen LogP contribution is -2.22. The number of carboxylic acid groups (broad SMARTS) is 1. The maximum absolute atomic E-state index is 10.9. The van der Waals surface area contributed by atoms with Gasteiger partial charge in [0.1, 0.15) is 0 Å². The van der Waals surface area contributed by atoms with Crippen LogP contribution in [-0.4, -0.2) is 35.6 Å². The monoisotopic (exact) mass is 403 g/mol. The van der Waals surface area contributed by atoms with Gasteiger partial charge >= 0.3 is 5.97 Å². The fourth-order valence-corrected chi connectivity index (χ4v) is 3.83. The van der Waals surface area contributed by atoms with Gasteiger partial charge in [0, 0.05) is 29.6 Å². The molecule has 1 aliphatic rings. The molecule has 1 unspecified atom stereocenters. The Labute approximate surface area is 170 Å². The van der Waals surface area contributed by atoms with Crippen molar-refractivity contribution in [2.75, 3.05) is 19.6 Å². The summed E-state index contributed by atoms with van der Waals surface area (Å²) < 4.78 is 0. The van der Waals surface area contributed by atoms with Crippen molar-refractivity contribution in [2.24, 2.45) is 5.92 Å². The van der Waals surface area contributed by atoms with Crippen LogP contribution in [0.3, 0.4) is 0 Å². The number of benzene rings is 2. The fraction of sp³-hybridized carbons (Fsp3) is 0.318. The summed E-state index contributed by atoms with van der Waals surface area (Å²) in [5.41, 5.74) is 3.39. The van der Waals surface area contributed by atoms with Gasteiger partial charge in [-0.15, -0.1) is 0 Å². The number of hydrogen-bond acceptors (Lipinski definition) is 2. The number of aliphatic carboxylic acids is 1. The molecule has 2 aromatic rings. The molecule has 27 heavy (non-hydrogen) atoms. The predicted octanol–water partition coefficient (Wildman–Crippen LogP) is 5.61. The number of carboxylic acids is 1. The van der Waals surface area contributed by atoms with Crippen LogP contribution in [0.4, 0.5) is 0 Å². The lowest BCUT2D eigenvalue weighted by atomic mass is 9.97. The number of likely N-dealkylation sites (tertiary alicyclic amines) is 1. The van der Waals surface area contributed by atoms with Crippen molar-refractivity contribution in [3.63, 3.8) is 0 Å². The van der Waals surface area contributed by atoms with Gasteiger partial charge in [-0.3, -0.25) is 4.79 Å². The van der Waals surface area contributed by atoms with Crippen LogP contribution in [0.1, 0.15) is 30.4 Å². The second kappa shape index (κ2) is 9.41. The molecule has 0 aliphatic carbocycles. The molecular weight excluding hydrogens is 381 g/mol. The van der Waals surface area contributed by atoms with E-state index in [-0.39, 0.29) is 12.3 Å². The molecule has 3 rings (SSSR count). The summed E-state index contributed by atoms with van der Waals surface area (Å²) in [5.74, 6) is -0.423. The van der Waals surface area contributed by atoms with E-state index in [0.717, 1.165) is 59.2 Å². The lowest BCUT2D eigenvalue weighted by Gasteiger charge is -2.15. The topological polar surface area (TPSA) is 40.5 Å². The van der Waals surface area contributed by atoms with Crippen molar-refractivity contribution in [1.82, 2.24) is 4.90 Å². The first-order valence-electron chi connectivity index (χ1n) is 9.17. The normalized spacial score (nSPS) is 17.0. The maximum atomic E-state index is 10.9. The Bertz CT molecular complexity index is 753. The highest BCUT2D eigenvalue weighted by atomic mass is 35.5. The summed E-state index contributed by atoms with van der Waals surface area (Å²) in [5, 5.41) is 10.4. The zero-order chi connectivity index (χ0) is 19.2. The standard InChI is InChI=1S/C22H23Cl2NO2/c23-19-7-3-17(4-8-19)21(18-5-9-20(24)10-6-18)2-1-12-25-13-11-16(15-25)14-22(26)27/h2-10,16H,1,11-15H2,(H,26,27). The van der Waals surface area contributed by atoms with Crippen LogP contribution in [0.2, 0.25) is 10.0 Å². The van der Waals surface area contributed by atoms with E-state index in [9.17, 15) is 4.79 Å². The molecule has 1 atom stereocenters. The molecule has 0 spiro atoms. The molecule has 1 saturated heterocycles. The Hall–Kier alpha value is -1.81. The summed E-state index contributed by atoms with van der Waals surface area (Å²) in [6.45, 7) is 2.78. The first-order valence-corrected chi connectivity index (χ1v) is 9.93. The van der Waals surface area contributed by atoms with Crippen LogP contribution in [0, 0.1) is 5.92 Å². The van der Waals surface area contributed by atoms with Gasteiger partial charge < -0.3 is 10.0 Å². The smallest absolute Gasteiger partial charge is 0.303 e. The quantitative estimate of drug-likeness (QED) is 0.652. The van der Waals surface area contributed by atoms with Crippen LogP contribution >= 0.6 is 23.2 Å². The lowest BCUT2D eigenvalue weighted by molar-refractivity contribution is -0.138. The van der Waals surface area contributed by atoms with Crippen molar-refractivity contribution in [2.45, 2.75) is 19.3 Å². The Morgan fingerprint density at radius 2 is 1.59 bits per heavy atom. The molecule has 142 valence electrons. The largest absolute Gasteiger partial charge is 0.481 e. The van der Waals surface area contributed by atoms with Crippen molar-refractivity contribution < 1.29 is 9.90 Å². The van der Waals surface area contributed by atoms with Gasteiger partial charge in [-0.25, -0.2) is 0 Å². The maximum Gasteiger partial charge on any atom is 0.303 e. The molecule has 0 bridgehead atoms. The minimum absolute atomic E-state index is 0.271.